The van der Waals surface area contributed by atoms with E-state index in [1.165, 1.54) is 45.3 Å². The number of nitrogens with zero attached hydrogens (tertiary/aromatic N) is 4. The first-order valence-corrected chi connectivity index (χ1v) is 14.1. The molecule has 3 aliphatic heterocycles. The molecule has 1 aromatic rings. The zero-order chi connectivity index (χ0) is 29.9. The highest BCUT2D eigenvalue weighted by molar-refractivity contribution is 5.88. The van der Waals surface area contributed by atoms with Crippen molar-refractivity contribution in [3.63, 3.8) is 0 Å². The molecule has 3 aliphatic rings. The Hall–Kier alpha value is -2.54. The predicted molar refractivity (Wildman–Crippen MR) is 146 cm³/mol. The van der Waals surface area contributed by atoms with E-state index in [4.69, 9.17) is 20.4 Å². The van der Waals surface area contributed by atoms with Gasteiger partial charge in [0.1, 0.15) is 11.4 Å². The summed E-state index contributed by atoms with van der Waals surface area (Å²) in [5.74, 6) is -3.28. The van der Waals surface area contributed by atoms with E-state index in [1.54, 1.807) is 0 Å². The lowest BCUT2D eigenvalue weighted by Gasteiger charge is -2.47. The van der Waals surface area contributed by atoms with Gasteiger partial charge in [0.25, 0.3) is 0 Å². The van der Waals surface area contributed by atoms with E-state index < -0.39 is 42.0 Å². The Bertz CT molecular complexity index is 1020. The van der Waals surface area contributed by atoms with Crippen LogP contribution in [0.25, 0.3) is 0 Å². The molecule has 5 N–H and O–H groups in total. The minimum absolute atomic E-state index is 0.292. The molecule has 0 saturated carbocycles. The molecule has 12 heteroatoms. The third kappa shape index (κ3) is 8.02. The van der Waals surface area contributed by atoms with Crippen molar-refractivity contribution in [2.24, 2.45) is 18.4 Å². The van der Waals surface area contributed by atoms with E-state index in [0.717, 1.165) is 31.1 Å². The monoisotopic (exact) mass is 566 g/mol. The molecule has 2 bridgehead atoms. The van der Waals surface area contributed by atoms with Crippen LogP contribution >= 0.6 is 0 Å². The molecule has 40 heavy (non-hydrogen) atoms. The quantitative estimate of drug-likeness (QED) is 0.279. The topological polar surface area (TPSA) is 177 Å². The lowest BCUT2D eigenvalue weighted by atomic mass is 9.82. The molecule has 4 rings (SSSR count). The van der Waals surface area contributed by atoms with Crippen LogP contribution in [0.1, 0.15) is 78.0 Å². The van der Waals surface area contributed by atoms with Gasteiger partial charge in [-0.15, -0.1) is 0 Å². The van der Waals surface area contributed by atoms with Crippen LogP contribution < -0.4 is 0 Å². The Morgan fingerprint density at radius 1 is 0.975 bits per heavy atom. The van der Waals surface area contributed by atoms with Gasteiger partial charge in [-0.05, 0) is 62.9 Å². The van der Waals surface area contributed by atoms with Crippen LogP contribution in [0.3, 0.4) is 0 Å². The summed E-state index contributed by atoms with van der Waals surface area (Å²) in [6, 6.07) is 0.984. The zero-order valence-corrected chi connectivity index (χ0v) is 24.1. The van der Waals surface area contributed by atoms with Gasteiger partial charge in [0.15, 0.2) is 5.60 Å². The lowest BCUT2D eigenvalue weighted by Crippen LogP contribution is -2.54. The SMILES string of the molecule is CC1CCN(CC(C)(C)CN2C3CCC2CC(O)(c2nccn2C)C3)CC1.O=C(O)CC(O)(CC(=O)O)C(=O)O. The Labute approximate surface area is 235 Å². The highest BCUT2D eigenvalue weighted by Crippen LogP contribution is 2.46. The summed E-state index contributed by atoms with van der Waals surface area (Å²) in [6.07, 6.45) is 8.25. The first kappa shape index (κ1) is 32.0. The van der Waals surface area contributed by atoms with Crippen LogP contribution in [0.4, 0.5) is 0 Å². The van der Waals surface area contributed by atoms with E-state index in [-0.39, 0.29) is 0 Å². The molecule has 0 aliphatic carbocycles. The number of hydrogen-bond acceptors (Lipinski definition) is 8. The molecular formula is C28H46N4O8. The third-order valence-corrected chi connectivity index (χ3v) is 8.58. The molecule has 0 amide bonds. The first-order chi connectivity index (χ1) is 18.5. The number of aliphatic carboxylic acids is 3. The number of aliphatic hydroxyl groups is 2. The van der Waals surface area contributed by atoms with Crippen LogP contribution in [0.2, 0.25) is 0 Å². The second-order valence-corrected chi connectivity index (χ2v) is 13.0. The number of carboxylic acids is 3. The van der Waals surface area contributed by atoms with Crippen molar-refractivity contribution >= 4 is 17.9 Å². The van der Waals surface area contributed by atoms with Crippen molar-refractivity contribution in [1.82, 2.24) is 19.4 Å². The summed E-state index contributed by atoms with van der Waals surface area (Å²) < 4.78 is 2.00. The van der Waals surface area contributed by atoms with Gasteiger partial charge >= 0.3 is 17.9 Å². The first-order valence-electron chi connectivity index (χ1n) is 14.1. The second-order valence-electron chi connectivity index (χ2n) is 13.0. The van der Waals surface area contributed by atoms with E-state index in [2.05, 4.69) is 35.6 Å². The van der Waals surface area contributed by atoms with E-state index in [0.29, 0.717) is 17.5 Å². The number of carbonyl (C=O) groups is 3. The summed E-state index contributed by atoms with van der Waals surface area (Å²) in [6.45, 7) is 12.1. The third-order valence-electron chi connectivity index (χ3n) is 8.58. The molecule has 2 unspecified atom stereocenters. The van der Waals surface area contributed by atoms with Gasteiger partial charge < -0.3 is 35.0 Å². The number of piperidine rings is 2. The van der Waals surface area contributed by atoms with E-state index >= 15 is 0 Å². The molecular weight excluding hydrogens is 520 g/mol. The molecule has 2 atom stereocenters. The van der Waals surface area contributed by atoms with Gasteiger partial charge in [-0.2, -0.15) is 0 Å². The maximum Gasteiger partial charge on any atom is 0.336 e. The molecule has 4 heterocycles. The summed E-state index contributed by atoms with van der Waals surface area (Å²) in [5, 5.41) is 45.2. The molecule has 226 valence electrons. The van der Waals surface area contributed by atoms with Crippen molar-refractivity contribution in [2.45, 2.75) is 95.4 Å². The zero-order valence-electron chi connectivity index (χ0n) is 24.1. The van der Waals surface area contributed by atoms with Crippen LogP contribution in [0, 0.1) is 11.3 Å². The molecule has 0 radical (unpaired) electrons. The fraction of sp³-hybridized carbons (Fsp3) is 0.786. The number of fused-ring (bicyclic) bond motifs is 2. The van der Waals surface area contributed by atoms with E-state index in [1.807, 2.05) is 24.0 Å². The Morgan fingerprint density at radius 3 is 1.93 bits per heavy atom. The fourth-order valence-electron chi connectivity index (χ4n) is 6.65. The summed E-state index contributed by atoms with van der Waals surface area (Å²) in [5.41, 5.74) is -3.20. The Balaban J connectivity index is 0.000000289. The van der Waals surface area contributed by atoms with Crippen LogP contribution in [0.15, 0.2) is 12.4 Å². The molecule has 3 saturated heterocycles. The maximum absolute atomic E-state index is 11.4. The fourth-order valence-corrected chi connectivity index (χ4v) is 6.65. The largest absolute Gasteiger partial charge is 0.481 e. The van der Waals surface area contributed by atoms with Crippen LogP contribution in [-0.2, 0) is 27.0 Å². The smallest absolute Gasteiger partial charge is 0.336 e. The van der Waals surface area contributed by atoms with Crippen LogP contribution in [-0.4, -0.2) is 107 Å². The number of carboxylic acid groups (broad SMARTS) is 3. The number of aryl methyl sites for hydroxylation is 1. The van der Waals surface area contributed by atoms with Gasteiger partial charge in [-0.1, -0.05) is 20.8 Å². The lowest BCUT2D eigenvalue weighted by molar-refractivity contribution is -0.170. The van der Waals surface area contributed by atoms with Crippen molar-refractivity contribution in [3.05, 3.63) is 18.2 Å². The summed E-state index contributed by atoms with van der Waals surface area (Å²) in [7, 11) is 2.00. The number of imidazole rings is 1. The van der Waals surface area contributed by atoms with Gasteiger partial charge in [0.2, 0.25) is 0 Å². The number of rotatable bonds is 10. The molecule has 0 spiro atoms. The normalized spacial score (nSPS) is 26.2. The van der Waals surface area contributed by atoms with E-state index in [9.17, 15) is 19.5 Å². The van der Waals surface area contributed by atoms with Crippen molar-refractivity contribution < 1.29 is 39.9 Å². The molecule has 0 aromatic carbocycles. The molecule has 1 aromatic heterocycles. The summed E-state index contributed by atoms with van der Waals surface area (Å²) >= 11 is 0. The highest BCUT2D eigenvalue weighted by atomic mass is 16.4. The average molecular weight is 567 g/mol. The van der Waals surface area contributed by atoms with Crippen molar-refractivity contribution in [2.75, 3.05) is 26.2 Å². The van der Waals surface area contributed by atoms with Gasteiger partial charge in [0, 0.05) is 44.6 Å². The van der Waals surface area contributed by atoms with Crippen LogP contribution in [0.5, 0.6) is 0 Å². The summed E-state index contributed by atoms with van der Waals surface area (Å²) in [4.78, 5) is 40.4. The van der Waals surface area contributed by atoms with Crippen molar-refractivity contribution in [3.8, 4) is 0 Å². The highest BCUT2D eigenvalue weighted by Gasteiger charge is 2.50. The molecule has 12 nitrogen and oxygen atoms in total. The van der Waals surface area contributed by atoms with Gasteiger partial charge in [-0.3, -0.25) is 14.5 Å². The Morgan fingerprint density at radius 2 is 1.50 bits per heavy atom. The standard InChI is InChI=1S/C22H38N4O.C6H8O7/c1-17-7-10-25(11-8-17)15-21(2,3)16-26-18-5-6-19(26)14-22(27,13-18)20-23-9-12-24(20)4;7-3(8)1-6(13,5(11)12)2-4(9)10/h9,12,17-19,27H,5-8,10-11,13-16H2,1-4H3;13H,1-2H2,(H,7,8)(H,9,10)(H,11,12). The maximum atomic E-state index is 11.4. The minimum Gasteiger partial charge on any atom is -0.481 e. The number of likely N-dealkylation sites (tertiary alicyclic amines) is 1. The average Bonchev–Trinajstić information content (AvgIpc) is 3.35. The second kappa shape index (κ2) is 12.5. The van der Waals surface area contributed by atoms with Gasteiger partial charge in [-0.25, -0.2) is 9.78 Å². The number of hydrogen-bond donors (Lipinski definition) is 5. The van der Waals surface area contributed by atoms with Gasteiger partial charge in [0.05, 0.1) is 12.8 Å². The predicted octanol–water partition coefficient (Wildman–Crippen LogP) is 1.74. The molecule has 3 fully saturated rings. The van der Waals surface area contributed by atoms with Crippen molar-refractivity contribution in [1.29, 1.82) is 0 Å². The number of aromatic nitrogens is 2. The minimum atomic E-state index is -2.74. The Kier molecular flexibility index (Phi) is 10.0.